The van der Waals surface area contributed by atoms with Crippen LogP contribution in [0.1, 0.15) is 26.4 Å². The van der Waals surface area contributed by atoms with Crippen LogP contribution >= 0.6 is 0 Å². The van der Waals surface area contributed by atoms with E-state index < -0.39 is 40.8 Å². The number of anilines is 2. The Morgan fingerprint density at radius 1 is 0.868 bits per heavy atom. The van der Waals surface area contributed by atoms with Crippen LogP contribution in [0.2, 0.25) is 0 Å². The van der Waals surface area contributed by atoms with Crippen LogP contribution in [-0.2, 0) is 11.0 Å². The van der Waals surface area contributed by atoms with Gasteiger partial charge in [-0.05, 0) is 42.5 Å². The van der Waals surface area contributed by atoms with E-state index >= 15 is 0 Å². The summed E-state index contributed by atoms with van der Waals surface area (Å²) in [5.41, 5.74) is -0.348. The molecule has 2 aromatic carbocycles. The first-order chi connectivity index (χ1) is 18.1. The van der Waals surface area contributed by atoms with Crippen LogP contribution in [0.25, 0.3) is 0 Å². The molecule has 198 valence electrons. The van der Waals surface area contributed by atoms with Crippen molar-refractivity contribution in [3.63, 3.8) is 0 Å². The third-order valence-corrected chi connectivity index (χ3v) is 5.90. The predicted molar refractivity (Wildman–Crippen MR) is 130 cm³/mol. The number of nitrogens with zero attached hydrogens (tertiary/aromatic N) is 3. The minimum atomic E-state index is -4.82. The lowest BCUT2D eigenvalue weighted by Crippen LogP contribution is -2.52. The van der Waals surface area contributed by atoms with E-state index in [0.717, 1.165) is 10.6 Å². The Balaban J connectivity index is 1.27. The quantitative estimate of drug-likeness (QED) is 0.475. The SMILES string of the molecule is O=C(NCC(=O)N1CCN(C(=O)c2cc(F)ccc2C(F)(F)F)CC1)c1ccc(Nc2ccccc2)cn1. The summed E-state index contributed by atoms with van der Waals surface area (Å²) in [6, 6.07) is 14.3. The van der Waals surface area contributed by atoms with E-state index in [-0.39, 0.29) is 38.4 Å². The second-order valence-corrected chi connectivity index (χ2v) is 8.47. The number of benzene rings is 2. The molecule has 3 aromatic rings. The monoisotopic (exact) mass is 529 g/mol. The van der Waals surface area contributed by atoms with Gasteiger partial charge in [0, 0.05) is 31.9 Å². The molecular formula is C26H23F4N5O3. The number of pyridine rings is 1. The lowest BCUT2D eigenvalue weighted by molar-refractivity contribution is -0.138. The maximum atomic E-state index is 13.6. The Hall–Kier alpha value is -4.48. The topological polar surface area (TPSA) is 94.6 Å². The van der Waals surface area contributed by atoms with Crippen molar-refractivity contribution in [3.8, 4) is 0 Å². The molecular weight excluding hydrogens is 506 g/mol. The molecule has 0 aliphatic carbocycles. The minimum absolute atomic E-state index is 0.0379. The molecule has 12 heteroatoms. The van der Waals surface area contributed by atoms with Gasteiger partial charge in [0.05, 0.1) is 29.6 Å². The third-order valence-electron chi connectivity index (χ3n) is 5.90. The summed E-state index contributed by atoms with van der Waals surface area (Å²) in [5, 5.41) is 5.64. The molecule has 0 spiro atoms. The summed E-state index contributed by atoms with van der Waals surface area (Å²) in [5.74, 6) is -2.89. The largest absolute Gasteiger partial charge is 0.417 e. The highest BCUT2D eigenvalue weighted by Crippen LogP contribution is 2.33. The van der Waals surface area contributed by atoms with E-state index in [0.29, 0.717) is 23.9 Å². The second kappa shape index (κ2) is 11.3. The van der Waals surface area contributed by atoms with Gasteiger partial charge in [0.25, 0.3) is 11.8 Å². The maximum absolute atomic E-state index is 13.6. The fraction of sp³-hybridized carbons (Fsp3) is 0.231. The van der Waals surface area contributed by atoms with Gasteiger partial charge >= 0.3 is 6.18 Å². The Morgan fingerprint density at radius 3 is 2.18 bits per heavy atom. The molecule has 3 amide bonds. The van der Waals surface area contributed by atoms with Crippen LogP contribution in [0.15, 0.2) is 66.9 Å². The van der Waals surface area contributed by atoms with Crippen LogP contribution < -0.4 is 10.6 Å². The van der Waals surface area contributed by atoms with Gasteiger partial charge in [0.1, 0.15) is 11.5 Å². The number of rotatable bonds is 6. The molecule has 38 heavy (non-hydrogen) atoms. The average molecular weight is 529 g/mol. The van der Waals surface area contributed by atoms with Crippen LogP contribution in [0.5, 0.6) is 0 Å². The zero-order valence-corrected chi connectivity index (χ0v) is 20.0. The lowest BCUT2D eigenvalue weighted by atomic mass is 10.0. The Morgan fingerprint density at radius 2 is 1.55 bits per heavy atom. The summed E-state index contributed by atoms with van der Waals surface area (Å²) in [6.45, 7) is -0.293. The average Bonchev–Trinajstić information content (AvgIpc) is 2.91. The molecule has 2 N–H and O–H groups in total. The Bertz CT molecular complexity index is 1310. The number of halogens is 4. The Kier molecular flexibility index (Phi) is 7.89. The van der Waals surface area contributed by atoms with E-state index in [1.807, 2.05) is 30.3 Å². The molecule has 4 rings (SSSR count). The number of carbonyl (C=O) groups excluding carboxylic acids is 3. The number of aromatic nitrogens is 1. The summed E-state index contributed by atoms with van der Waals surface area (Å²) < 4.78 is 53.4. The van der Waals surface area contributed by atoms with Gasteiger partial charge < -0.3 is 20.4 Å². The third kappa shape index (κ3) is 6.44. The van der Waals surface area contributed by atoms with Crippen molar-refractivity contribution in [2.24, 2.45) is 0 Å². The van der Waals surface area contributed by atoms with E-state index in [4.69, 9.17) is 0 Å². The van der Waals surface area contributed by atoms with Crippen LogP contribution in [0.3, 0.4) is 0 Å². The number of hydrogen-bond donors (Lipinski definition) is 2. The summed E-state index contributed by atoms with van der Waals surface area (Å²) >= 11 is 0. The number of carbonyl (C=O) groups is 3. The summed E-state index contributed by atoms with van der Waals surface area (Å²) in [6.07, 6.45) is -3.33. The zero-order valence-electron chi connectivity index (χ0n) is 20.0. The minimum Gasteiger partial charge on any atom is -0.354 e. The van der Waals surface area contributed by atoms with Crippen molar-refractivity contribution >= 4 is 29.1 Å². The molecule has 0 unspecified atom stereocenters. The highest BCUT2D eigenvalue weighted by atomic mass is 19.4. The van der Waals surface area contributed by atoms with E-state index in [2.05, 4.69) is 15.6 Å². The number of para-hydroxylation sites is 1. The molecule has 1 aliphatic heterocycles. The molecule has 8 nitrogen and oxygen atoms in total. The molecule has 0 bridgehead atoms. The molecule has 1 fully saturated rings. The standard InChI is InChI=1S/C26H23F4N5O3/c27-17-6-8-21(26(28,29)30)20(14-17)25(38)35-12-10-34(11-13-35)23(36)16-32-24(37)22-9-7-19(15-31-22)33-18-4-2-1-3-5-18/h1-9,14-15,33H,10-13,16H2,(H,32,37). The van der Waals surface area contributed by atoms with Crippen molar-refractivity contribution in [2.75, 3.05) is 38.0 Å². The zero-order chi connectivity index (χ0) is 27.3. The fourth-order valence-corrected chi connectivity index (χ4v) is 3.92. The van der Waals surface area contributed by atoms with Crippen molar-refractivity contribution < 1.29 is 31.9 Å². The molecule has 0 radical (unpaired) electrons. The summed E-state index contributed by atoms with van der Waals surface area (Å²) in [7, 11) is 0. The predicted octanol–water partition coefficient (Wildman–Crippen LogP) is 3.70. The van der Waals surface area contributed by atoms with Crippen molar-refractivity contribution in [3.05, 3.63) is 89.5 Å². The van der Waals surface area contributed by atoms with E-state index in [1.165, 1.54) is 17.2 Å². The number of hydrogen-bond acceptors (Lipinski definition) is 5. The van der Waals surface area contributed by atoms with Gasteiger partial charge in [-0.1, -0.05) is 18.2 Å². The first kappa shape index (κ1) is 26.6. The van der Waals surface area contributed by atoms with Crippen molar-refractivity contribution in [2.45, 2.75) is 6.18 Å². The van der Waals surface area contributed by atoms with Gasteiger partial charge in [-0.2, -0.15) is 13.2 Å². The molecule has 0 saturated carbocycles. The first-order valence-corrected chi connectivity index (χ1v) is 11.6. The van der Waals surface area contributed by atoms with E-state index in [9.17, 15) is 31.9 Å². The molecule has 0 atom stereocenters. The smallest absolute Gasteiger partial charge is 0.354 e. The fourth-order valence-electron chi connectivity index (χ4n) is 3.92. The number of alkyl halides is 3. The van der Waals surface area contributed by atoms with Gasteiger partial charge in [-0.25, -0.2) is 9.37 Å². The van der Waals surface area contributed by atoms with Gasteiger partial charge in [-0.3, -0.25) is 14.4 Å². The van der Waals surface area contributed by atoms with Gasteiger partial charge in [0.15, 0.2) is 0 Å². The number of nitrogens with one attached hydrogen (secondary N) is 2. The molecule has 1 saturated heterocycles. The van der Waals surface area contributed by atoms with Crippen molar-refractivity contribution in [1.29, 1.82) is 0 Å². The highest BCUT2D eigenvalue weighted by Gasteiger charge is 2.37. The molecule has 1 aromatic heterocycles. The van der Waals surface area contributed by atoms with Gasteiger partial charge in [0.2, 0.25) is 5.91 Å². The lowest BCUT2D eigenvalue weighted by Gasteiger charge is -2.35. The first-order valence-electron chi connectivity index (χ1n) is 11.6. The summed E-state index contributed by atoms with van der Waals surface area (Å²) in [4.78, 5) is 44.3. The number of amides is 3. The molecule has 1 aliphatic rings. The second-order valence-electron chi connectivity index (χ2n) is 8.47. The van der Waals surface area contributed by atoms with Crippen molar-refractivity contribution in [1.82, 2.24) is 20.1 Å². The Labute approximate surface area is 215 Å². The van der Waals surface area contributed by atoms with Crippen LogP contribution in [-0.4, -0.2) is 65.2 Å². The number of piperazine rings is 1. The van der Waals surface area contributed by atoms with E-state index in [1.54, 1.807) is 6.07 Å². The normalized spacial score (nSPS) is 13.7. The maximum Gasteiger partial charge on any atom is 0.417 e. The van der Waals surface area contributed by atoms with Crippen LogP contribution in [0.4, 0.5) is 28.9 Å². The highest BCUT2D eigenvalue weighted by molar-refractivity contribution is 5.96. The van der Waals surface area contributed by atoms with Crippen LogP contribution in [0, 0.1) is 5.82 Å². The van der Waals surface area contributed by atoms with Gasteiger partial charge in [-0.15, -0.1) is 0 Å². The molecule has 2 heterocycles.